The van der Waals surface area contributed by atoms with E-state index >= 15 is 0 Å². The molecule has 0 aliphatic carbocycles. The van der Waals surface area contributed by atoms with E-state index < -0.39 is 5.60 Å². The number of anilines is 1. The van der Waals surface area contributed by atoms with E-state index in [0.717, 1.165) is 5.82 Å². The number of pyridine rings is 1. The van der Waals surface area contributed by atoms with Gasteiger partial charge in [0.1, 0.15) is 17.2 Å². The van der Waals surface area contributed by atoms with Gasteiger partial charge in [-0.2, -0.15) is 0 Å². The minimum atomic E-state index is -0.526. The van der Waals surface area contributed by atoms with E-state index in [4.69, 9.17) is 26.1 Å². The van der Waals surface area contributed by atoms with Crippen molar-refractivity contribution in [1.29, 1.82) is 0 Å². The first-order valence-corrected chi connectivity index (χ1v) is 10.0. The van der Waals surface area contributed by atoms with Gasteiger partial charge in [0, 0.05) is 25.8 Å². The number of phenolic OH excluding ortho intramolecular Hbond substituents is 1. The molecule has 0 unspecified atom stereocenters. The lowest BCUT2D eigenvalue weighted by molar-refractivity contribution is -0.165. The van der Waals surface area contributed by atoms with Crippen LogP contribution < -0.4 is 4.90 Å². The van der Waals surface area contributed by atoms with Crippen molar-refractivity contribution < 1.29 is 19.4 Å². The molecule has 2 atom stereocenters. The van der Waals surface area contributed by atoms with Crippen molar-refractivity contribution in [3.05, 3.63) is 41.4 Å². The molecule has 1 aliphatic heterocycles. The van der Waals surface area contributed by atoms with Crippen molar-refractivity contribution in [2.45, 2.75) is 38.9 Å². The van der Waals surface area contributed by atoms with Crippen LogP contribution in [-0.4, -0.2) is 48.0 Å². The number of nitrogens with zero attached hydrogens (tertiary/aromatic N) is 2. The quantitative estimate of drug-likeness (QED) is 0.747. The van der Waals surface area contributed by atoms with E-state index in [0.29, 0.717) is 30.8 Å². The van der Waals surface area contributed by atoms with Crippen LogP contribution in [0.4, 0.5) is 5.82 Å². The molecule has 0 radical (unpaired) electrons. The minimum Gasteiger partial charge on any atom is -0.506 e. The van der Waals surface area contributed by atoms with E-state index in [1.165, 1.54) is 0 Å². The number of piperidine rings is 1. The molecule has 0 spiro atoms. The van der Waals surface area contributed by atoms with Crippen LogP contribution in [0.5, 0.6) is 5.75 Å². The molecule has 2 heterocycles. The van der Waals surface area contributed by atoms with E-state index in [1.807, 2.05) is 39.0 Å². The molecule has 1 aliphatic rings. The SMILES string of the molecule is CO[C@@H]1CN(c2cccc(-c3cccc(Cl)c3O)n2)CC[C@@H]1C(=O)OC(C)(C)C. The van der Waals surface area contributed by atoms with Gasteiger partial charge in [-0.3, -0.25) is 4.79 Å². The molecule has 1 fully saturated rings. The molecule has 6 nitrogen and oxygen atoms in total. The highest BCUT2D eigenvalue weighted by Crippen LogP contribution is 2.35. The predicted molar refractivity (Wildman–Crippen MR) is 113 cm³/mol. The monoisotopic (exact) mass is 418 g/mol. The average Bonchev–Trinajstić information content (AvgIpc) is 2.68. The molecule has 0 amide bonds. The van der Waals surface area contributed by atoms with Crippen LogP contribution in [0.25, 0.3) is 11.3 Å². The molecule has 1 N–H and O–H groups in total. The van der Waals surface area contributed by atoms with Crippen molar-refractivity contribution in [2.24, 2.45) is 5.92 Å². The van der Waals surface area contributed by atoms with Crippen LogP contribution in [0.15, 0.2) is 36.4 Å². The largest absolute Gasteiger partial charge is 0.506 e. The maximum Gasteiger partial charge on any atom is 0.312 e. The van der Waals surface area contributed by atoms with E-state index in [-0.39, 0.29) is 28.8 Å². The normalized spacial score (nSPS) is 19.8. The number of methoxy groups -OCH3 is 1. The van der Waals surface area contributed by atoms with Crippen molar-refractivity contribution in [1.82, 2.24) is 4.98 Å². The van der Waals surface area contributed by atoms with Gasteiger partial charge in [-0.1, -0.05) is 23.7 Å². The van der Waals surface area contributed by atoms with Gasteiger partial charge in [0.25, 0.3) is 0 Å². The molecule has 0 bridgehead atoms. The first kappa shape index (κ1) is 21.4. The summed E-state index contributed by atoms with van der Waals surface area (Å²) in [4.78, 5) is 19.3. The second-order valence-corrected chi connectivity index (χ2v) is 8.57. The second kappa shape index (κ2) is 8.59. The molecule has 1 saturated heterocycles. The topological polar surface area (TPSA) is 71.9 Å². The number of hydrogen-bond donors (Lipinski definition) is 1. The summed E-state index contributed by atoms with van der Waals surface area (Å²) in [5.41, 5.74) is 0.679. The summed E-state index contributed by atoms with van der Waals surface area (Å²) in [6.45, 7) is 6.77. The Bertz CT molecular complexity index is 881. The zero-order chi connectivity index (χ0) is 21.2. The molecule has 0 saturated carbocycles. The number of aromatic nitrogens is 1. The summed E-state index contributed by atoms with van der Waals surface area (Å²) in [6.07, 6.45) is 0.325. The second-order valence-electron chi connectivity index (χ2n) is 8.17. The molecular formula is C22H27ClN2O4. The fraction of sp³-hybridized carbons (Fsp3) is 0.455. The van der Waals surface area contributed by atoms with Crippen molar-refractivity contribution in [2.75, 3.05) is 25.1 Å². The van der Waals surface area contributed by atoms with E-state index in [9.17, 15) is 9.90 Å². The number of hydrogen-bond acceptors (Lipinski definition) is 6. The lowest BCUT2D eigenvalue weighted by Crippen LogP contribution is -2.49. The molecule has 1 aromatic carbocycles. The summed E-state index contributed by atoms with van der Waals surface area (Å²) in [5.74, 6) is 0.231. The first-order valence-electron chi connectivity index (χ1n) is 9.65. The van der Waals surface area contributed by atoms with Crippen LogP contribution in [0.3, 0.4) is 0 Å². The molecule has 2 aromatic rings. The molecule has 3 rings (SSSR count). The Morgan fingerprint density at radius 3 is 2.66 bits per heavy atom. The lowest BCUT2D eigenvalue weighted by Gasteiger charge is -2.38. The van der Waals surface area contributed by atoms with Crippen molar-refractivity contribution >= 4 is 23.4 Å². The third-order valence-corrected chi connectivity index (χ3v) is 5.20. The smallest absolute Gasteiger partial charge is 0.312 e. The molecule has 156 valence electrons. The number of benzene rings is 1. The van der Waals surface area contributed by atoms with Crippen LogP contribution in [-0.2, 0) is 14.3 Å². The zero-order valence-electron chi connectivity index (χ0n) is 17.2. The standard InChI is InChI=1S/C22H27ClN2O4/c1-22(2,3)29-21(27)15-11-12-25(13-18(15)28-4)19-10-6-9-17(24-19)14-7-5-8-16(23)20(14)26/h5-10,15,18,26H,11-13H2,1-4H3/t15-,18+/m0/s1. The van der Waals surface area contributed by atoms with Gasteiger partial charge in [0.15, 0.2) is 0 Å². The lowest BCUT2D eigenvalue weighted by atomic mass is 9.93. The minimum absolute atomic E-state index is 0.0113. The van der Waals surface area contributed by atoms with Crippen molar-refractivity contribution in [3.8, 4) is 17.0 Å². The van der Waals surface area contributed by atoms with Gasteiger partial charge in [-0.25, -0.2) is 4.98 Å². The maximum absolute atomic E-state index is 12.6. The number of esters is 1. The van der Waals surface area contributed by atoms with Gasteiger partial charge in [-0.05, 0) is 51.5 Å². The summed E-state index contributed by atoms with van der Waals surface area (Å²) < 4.78 is 11.2. The zero-order valence-corrected chi connectivity index (χ0v) is 17.9. The van der Waals surface area contributed by atoms with Crippen LogP contribution in [0.1, 0.15) is 27.2 Å². The van der Waals surface area contributed by atoms with E-state index in [1.54, 1.807) is 25.3 Å². The first-order chi connectivity index (χ1) is 13.7. The van der Waals surface area contributed by atoms with Gasteiger partial charge >= 0.3 is 5.97 Å². The highest BCUT2D eigenvalue weighted by atomic mass is 35.5. The molecule has 29 heavy (non-hydrogen) atoms. The number of aromatic hydroxyl groups is 1. The summed E-state index contributed by atoms with van der Waals surface area (Å²) in [6, 6.07) is 10.8. The Morgan fingerprint density at radius 1 is 1.24 bits per heavy atom. The van der Waals surface area contributed by atoms with Gasteiger partial charge in [0.05, 0.1) is 22.7 Å². The number of halogens is 1. The van der Waals surface area contributed by atoms with Gasteiger partial charge < -0.3 is 19.5 Å². The molecule has 1 aromatic heterocycles. The number of carbonyl (C=O) groups excluding carboxylic acids is 1. The van der Waals surface area contributed by atoms with Crippen LogP contribution >= 0.6 is 11.6 Å². The fourth-order valence-electron chi connectivity index (χ4n) is 3.48. The van der Waals surface area contributed by atoms with Gasteiger partial charge in [0.2, 0.25) is 0 Å². The highest BCUT2D eigenvalue weighted by molar-refractivity contribution is 6.32. The number of ether oxygens (including phenoxy) is 2. The summed E-state index contributed by atoms with van der Waals surface area (Å²) in [7, 11) is 1.61. The van der Waals surface area contributed by atoms with Crippen molar-refractivity contribution in [3.63, 3.8) is 0 Å². The Hall–Kier alpha value is -2.31. The third-order valence-electron chi connectivity index (χ3n) is 4.89. The van der Waals surface area contributed by atoms with E-state index in [2.05, 4.69) is 4.90 Å². The molecule has 7 heteroatoms. The van der Waals surface area contributed by atoms with Crippen LogP contribution in [0.2, 0.25) is 5.02 Å². The number of phenols is 1. The fourth-order valence-corrected chi connectivity index (χ4v) is 3.66. The Balaban J connectivity index is 1.79. The average molecular weight is 419 g/mol. The Labute approximate surface area is 176 Å². The third kappa shape index (κ3) is 5.00. The van der Waals surface area contributed by atoms with Crippen LogP contribution in [0, 0.1) is 5.92 Å². The summed E-state index contributed by atoms with van der Waals surface area (Å²) in [5, 5.41) is 10.5. The Morgan fingerprint density at radius 2 is 1.97 bits per heavy atom. The number of rotatable bonds is 4. The highest BCUT2D eigenvalue weighted by Gasteiger charge is 2.37. The van der Waals surface area contributed by atoms with Gasteiger partial charge in [-0.15, -0.1) is 0 Å². The summed E-state index contributed by atoms with van der Waals surface area (Å²) >= 11 is 6.03. The predicted octanol–water partition coefficient (Wildman–Crippen LogP) is 4.29. The maximum atomic E-state index is 12.6. The number of carbonyl (C=O) groups is 1. The molecular weight excluding hydrogens is 392 g/mol. The number of para-hydroxylation sites is 1. The Kier molecular flexibility index (Phi) is 6.34.